The van der Waals surface area contributed by atoms with Crippen molar-refractivity contribution >= 4 is 11.6 Å². The largest absolute Gasteiger partial charge is 0.380 e. The molecule has 5 heteroatoms. The van der Waals surface area contributed by atoms with E-state index in [0.29, 0.717) is 23.4 Å². The predicted molar refractivity (Wildman–Crippen MR) is 89.8 cm³/mol. The molecule has 0 atom stereocenters. The zero-order chi connectivity index (χ0) is 16.7. The summed E-state index contributed by atoms with van der Waals surface area (Å²) < 4.78 is 13.6. The van der Waals surface area contributed by atoms with Crippen LogP contribution in [0.15, 0.2) is 42.7 Å². The normalized spacial score (nSPS) is 10.4. The third-order valence-corrected chi connectivity index (χ3v) is 3.62. The fourth-order valence-electron chi connectivity index (χ4n) is 2.21. The second kappa shape index (κ2) is 8.27. The van der Waals surface area contributed by atoms with E-state index in [1.807, 2.05) is 0 Å². The molecule has 0 aliphatic heterocycles. The molecule has 0 fully saturated rings. The van der Waals surface area contributed by atoms with E-state index in [0.717, 1.165) is 19.4 Å². The van der Waals surface area contributed by atoms with Crippen molar-refractivity contribution in [3.63, 3.8) is 0 Å². The molecule has 0 aliphatic rings. The van der Waals surface area contributed by atoms with Gasteiger partial charge in [0.1, 0.15) is 5.82 Å². The Bertz CT molecular complexity index is 660. The molecule has 2 rings (SSSR count). The van der Waals surface area contributed by atoms with Crippen molar-refractivity contribution in [2.24, 2.45) is 0 Å². The maximum atomic E-state index is 13.6. The summed E-state index contributed by atoms with van der Waals surface area (Å²) in [6.45, 7) is 3.16. The molecule has 0 unspecified atom stereocenters. The number of benzene rings is 1. The number of rotatable bonds is 7. The van der Waals surface area contributed by atoms with Gasteiger partial charge < -0.3 is 10.2 Å². The number of carbonyl (C=O) groups excluding carboxylic acids is 1. The fourth-order valence-corrected chi connectivity index (χ4v) is 2.21. The summed E-state index contributed by atoms with van der Waals surface area (Å²) >= 11 is 0. The number of halogens is 1. The van der Waals surface area contributed by atoms with Crippen molar-refractivity contribution in [2.45, 2.75) is 26.3 Å². The summed E-state index contributed by atoms with van der Waals surface area (Å²) in [5.74, 6) is -0.306. The topological polar surface area (TPSA) is 45.2 Å². The molecule has 0 saturated heterocycles. The van der Waals surface area contributed by atoms with E-state index >= 15 is 0 Å². The van der Waals surface area contributed by atoms with Gasteiger partial charge in [-0.3, -0.25) is 9.78 Å². The van der Waals surface area contributed by atoms with Gasteiger partial charge >= 0.3 is 0 Å². The average Bonchev–Trinajstić information content (AvgIpc) is 2.58. The van der Waals surface area contributed by atoms with Gasteiger partial charge in [0.05, 0.1) is 11.3 Å². The SMILES string of the molecule is CCCCN(C)C(=O)c1cncc(NCc2ccccc2F)c1. The van der Waals surface area contributed by atoms with E-state index in [1.165, 1.54) is 6.07 Å². The summed E-state index contributed by atoms with van der Waals surface area (Å²) in [5.41, 5.74) is 1.80. The van der Waals surface area contributed by atoms with Gasteiger partial charge in [0.15, 0.2) is 0 Å². The van der Waals surface area contributed by atoms with Crippen molar-refractivity contribution in [1.82, 2.24) is 9.88 Å². The van der Waals surface area contributed by atoms with Crippen LogP contribution in [0.5, 0.6) is 0 Å². The van der Waals surface area contributed by atoms with E-state index in [9.17, 15) is 9.18 Å². The lowest BCUT2D eigenvalue weighted by Gasteiger charge is -2.17. The van der Waals surface area contributed by atoms with Crippen LogP contribution in [-0.4, -0.2) is 29.4 Å². The summed E-state index contributed by atoms with van der Waals surface area (Å²) in [6.07, 6.45) is 5.20. The molecule has 1 aromatic heterocycles. The first-order chi connectivity index (χ1) is 11.1. The van der Waals surface area contributed by atoms with E-state index in [4.69, 9.17) is 0 Å². The van der Waals surface area contributed by atoms with Gasteiger partial charge in [0.2, 0.25) is 0 Å². The maximum absolute atomic E-state index is 13.6. The van der Waals surface area contributed by atoms with Crippen molar-refractivity contribution < 1.29 is 9.18 Å². The van der Waals surface area contributed by atoms with Gasteiger partial charge in [-0.25, -0.2) is 4.39 Å². The molecule has 4 nitrogen and oxygen atoms in total. The van der Waals surface area contributed by atoms with Crippen molar-refractivity contribution in [2.75, 3.05) is 18.9 Å². The van der Waals surface area contributed by atoms with Crippen molar-refractivity contribution in [3.8, 4) is 0 Å². The average molecular weight is 315 g/mol. The fraction of sp³-hybridized carbons (Fsp3) is 0.333. The predicted octanol–water partition coefficient (Wildman–Crippen LogP) is 3.70. The number of amides is 1. The quantitative estimate of drug-likeness (QED) is 0.847. The highest BCUT2D eigenvalue weighted by Crippen LogP contribution is 2.13. The highest BCUT2D eigenvalue weighted by molar-refractivity contribution is 5.94. The van der Waals surface area contributed by atoms with Crippen LogP contribution < -0.4 is 5.32 Å². The smallest absolute Gasteiger partial charge is 0.255 e. The van der Waals surface area contributed by atoms with Crippen LogP contribution >= 0.6 is 0 Å². The summed E-state index contributed by atoms with van der Waals surface area (Å²) in [7, 11) is 1.79. The van der Waals surface area contributed by atoms with Crippen LogP contribution in [0.3, 0.4) is 0 Å². The number of aromatic nitrogens is 1. The zero-order valence-corrected chi connectivity index (χ0v) is 13.6. The van der Waals surface area contributed by atoms with Gasteiger partial charge in [-0.1, -0.05) is 31.5 Å². The number of hydrogen-bond acceptors (Lipinski definition) is 3. The van der Waals surface area contributed by atoms with Gasteiger partial charge in [-0.05, 0) is 18.6 Å². The molecule has 0 spiro atoms. The lowest BCUT2D eigenvalue weighted by atomic mass is 10.2. The van der Waals surface area contributed by atoms with Gasteiger partial charge in [0, 0.05) is 38.1 Å². The Hall–Kier alpha value is -2.43. The molecule has 1 aromatic carbocycles. The monoisotopic (exact) mass is 315 g/mol. The highest BCUT2D eigenvalue weighted by atomic mass is 19.1. The number of anilines is 1. The molecule has 1 heterocycles. The van der Waals surface area contributed by atoms with Crippen LogP contribution in [-0.2, 0) is 6.54 Å². The lowest BCUT2D eigenvalue weighted by Crippen LogP contribution is -2.27. The molecule has 0 radical (unpaired) electrons. The van der Waals surface area contributed by atoms with E-state index in [-0.39, 0.29) is 11.7 Å². The lowest BCUT2D eigenvalue weighted by molar-refractivity contribution is 0.0793. The number of nitrogens with one attached hydrogen (secondary N) is 1. The first kappa shape index (κ1) is 16.9. The molecule has 122 valence electrons. The standard InChI is InChI=1S/C18H22FN3O/c1-3-4-9-22(2)18(23)15-10-16(13-20-11-15)21-12-14-7-5-6-8-17(14)19/h5-8,10-11,13,21H,3-4,9,12H2,1-2H3. The molecular formula is C18H22FN3O. The Morgan fingerprint density at radius 3 is 2.83 bits per heavy atom. The molecule has 2 aromatic rings. The number of hydrogen-bond donors (Lipinski definition) is 1. The molecule has 0 bridgehead atoms. The molecule has 1 amide bonds. The second-order valence-corrected chi connectivity index (χ2v) is 5.49. The highest BCUT2D eigenvalue weighted by Gasteiger charge is 2.12. The third-order valence-electron chi connectivity index (χ3n) is 3.62. The first-order valence-electron chi connectivity index (χ1n) is 7.79. The number of unbranched alkanes of at least 4 members (excludes halogenated alkanes) is 1. The van der Waals surface area contributed by atoms with Gasteiger partial charge in [0.25, 0.3) is 5.91 Å². The molecular weight excluding hydrogens is 293 g/mol. The maximum Gasteiger partial charge on any atom is 0.255 e. The zero-order valence-electron chi connectivity index (χ0n) is 13.6. The Morgan fingerprint density at radius 2 is 2.09 bits per heavy atom. The van der Waals surface area contributed by atoms with Gasteiger partial charge in [-0.2, -0.15) is 0 Å². The minimum Gasteiger partial charge on any atom is -0.380 e. The van der Waals surface area contributed by atoms with Crippen molar-refractivity contribution in [1.29, 1.82) is 0 Å². The Kier molecular flexibility index (Phi) is 6.09. The summed E-state index contributed by atoms with van der Waals surface area (Å²) in [6, 6.07) is 8.35. The number of carbonyl (C=O) groups is 1. The third kappa shape index (κ3) is 4.77. The minimum absolute atomic E-state index is 0.0551. The summed E-state index contributed by atoms with van der Waals surface area (Å²) in [5, 5.41) is 3.11. The molecule has 23 heavy (non-hydrogen) atoms. The van der Waals surface area contributed by atoms with Crippen LogP contribution in [0.25, 0.3) is 0 Å². The van der Waals surface area contributed by atoms with E-state index < -0.39 is 0 Å². The van der Waals surface area contributed by atoms with E-state index in [1.54, 1.807) is 48.6 Å². The van der Waals surface area contributed by atoms with Crippen LogP contribution in [0.4, 0.5) is 10.1 Å². The number of pyridine rings is 1. The first-order valence-corrected chi connectivity index (χ1v) is 7.79. The number of nitrogens with zero attached hydrogens (tertiary/aromatic N) is 2. The Morgan fingerprint density at radius 1 is 1.30 bits per heavy atom. The second-order valence-electron chi connectivity index (χ2n) is 5.49. The Labute approximate surface area is 136 Å². The van der Waals surface area contributed by atoms with Crippen LogP contribution in [0, 0.1) is 5.82 Å². The minimum atomic E-state index is -0.250. The molecule has 0 aliphatic carbocycles. The molecule has 1 N–H and O–H groups in total. The Balaban J connectivity index is 2.02. The van der Waals surface area contributed by atoms with Crippen LogP contribution in [0.1, 0.15) is 35.7 Å². The van der Waals surface area contributed by atoms with Crippen molar-refractivity contribution in [3.05, 3.63) is 59.7 Å². The van der Waals surface area contributed by atoms with E-state index in [2.05, 4.69) is 17.2 Å². The van der Waals surface area contributed by atoms with Gasteiger partial charge in [-0.15, -0.1) is 0 Å². The molecule has 0 saturated carbocycles. The summed E-state index contributed by atoms with van der Waals surface area (Å²) in [4.78, 5) is 18.1. The van der Waals surface area contributed by atoms with Crippen LogP contribution in [0.2, 0.25) is 0 Å².